The van der Waals surface area contributed by atoms with Gasteiger partial charge in [0.25, 0.3) is 5.91 Å². The van der Waals surface area contributed by atoms with Crippen LogP contribution in [0.3, 0.4) is 0 Å². The van der Waals surface area contributed by atoms with Crippen molar-refractivity contribution in [2.75, 3.05) is 5.73 Å². The van der Waals surface area contributed by atoms with E-state index in [-0.39, 0.29) is 17.2 Å². The van der Waals surface area contributed by atoms with E-state index in [9.17, 15) is 14.0 Å². The summed E-state index contributed by atoms with van der Waals surface area (Å²) in [5.74, 6) is -2.34. The van der Waals surface area contributed by atoms with E-state index >= 15 is 0 Å². The van der Waals surface area contributed by atoms with E-state index in [1.807, 2.05) is 13.8 Å². The van der Waals surface area contributed by atoms with Crippen molar-refractivity contribution < 1.29 is 19.1 Å². The second-order valence-corrected chi connectivity index (χ2v) is 4.73. The van der Waals surface area contributed by atoms with Crippen LogP contribution >= 0.6 is 0 Å². The van der Waals surface area contributed by atoms with Crippen LogP contribution in [0.15, 0.2) is 18.2 Å². The number of benzene rings is 1. The van der Waals surface area contributed by atoms with Gasteiger partial charge in [-0.15, -0.1) is 0 Å². The monoisotopic (exact) mass is 268 g/mol. The molecule has 1 aromatic rings. The third-order valence-electron chi connectivity index (χ3n) is 2.57. The molecule has 0 unspecified atom stereocenters. The summed E-state index contributed by atoms with van der Waals surface area (Å²) in [7, 11) is 0. The Kier molecular flexibility index (Phi) is 4.86. The lowest BCUT2D eigenvalue weighted by Gasteiger charge is -2.16. The van der Waals surface area contributed by atoms with Crippen molar-refractivity contribution in [3.63, 3.8) is 0 Å². The van der Waals surface area contributed by atoms with Gasteiger partial charge in [0, 0.05) is 5.56 Å². The molecule has 1 atom stereocenters. The Balaban J connectivity index is 2.81. The number of carboxylic acids is 1. The van der Waals surface area contributed by atoms with Crippen molar-refractivity contribution in [3.8, 4) is 0 Å². The summed E-state index contributed by atoms with van der Waals surface area (Å²) in [5.41, 5.74) is 5.29. The lowest BCUT2D eigenvalue weighted by Crippen LogP contribution is -2.41. The fraction of sp³-hybridized carbons (Fsp3) is 0.385. The molecular formula is C13H17FN2O3. The average Bonchev–Trinajstić information content (AvgIpc) is 2.31. The molecule has 0 aliphatic rings. The van der Waals surface area contributed by atoms with Crippen LogP contribution in [0.1, 0.15) is 30.6 Å². The van der Waals surface area contributed by atoms with E-state index in [1.165, 1.54) is 12.1 Å². The highest BCUT2D eigenvalue weighted by Gasteiger charge is 2.22. The number of hydrogen-bond donors (Lipinski definition) is 3. The largest absolute Gasteiger partial charge is 0.480 e. The maximum Gasteiger partial charge on any atom is 0.326 e. The number of carboxylic acid groups (broad SMARTS) is 1. The van der Waals surface area contributed by atoms with Crippen LogP contribution in [0, 0.1) is 11.7 Å². The highest BCUT2D eigenvalue weighted by atomic mass is 19.1. The van der Waals surface area contributed by atoms with Gasteiger partial charge in [0.1, 0.15) is 11.9 Å². The third-order valence-corrected chi connectivity index (χ3v) is 2.57. The molecule has 0 heterocycles. The fourth-order valence-electron chi connectivity index (χ4n) is 1.60. The Labute approximate surface area is 110 Å². The van der Waals surface area contributed by atoms with Crippen molar-refractivity contribution >= 4 is 17.6 Å². The molecule has 5 nitrogen and oxygen atoms in total. The summed E-state index contributed by atoms with van der Waals surface area (Å²) in [6.45, 7) is 3.70. The van der Waals surface area contributed by atoms with Crippen LogP contribution in [-0.4, -0.2) is 23.0 Å². The Hall–Kier alpha value is -2.11. The van der Waals surface area contributed by atoms with Crippen molar-refractivity contribution in [1.82, 2.24) is 5.32 Å². The molecule has 19 heavy (non-hydrogen) atoms. The van der Waals surface area contributed by atoms with Crippen LogP contribution in [0.4, 0.5) is 10.1 Å². The Morgan fingerprint density at radius 2 is 2.05 bits per heavy atom. The standard InChI is InChI=1S/C13H17FN2O3/c1-7(2)5-11(13(18)19)16-12(17)8-3-4-10(15)9(14)6-8/h3-4,6-7,11H,5,15H2,1-2H3,(H,16,17)(H,18,19)/t11-/m1/s1. The molecule has 0 saturated heterocycles. The van der Waals surface area contributed by atoms with E-state index in [0.717, 1.165) is 6.07 Å². The summed E-state index contributed by atoms with van der Waals surface area (Å²) in [6, 6.07) is 2.61. The molecule has 1 aromatic carbocycles. The molecule has 104 valence electrons. The van der Waals surface area contributed by atoms with Gasteiger partial charge in [-0.05, 0) is 30.5 Å². The number of carbonyl (C=O) groups is 2. The number of rotatable bonds is 5. The van der Waals surface area contributed by atoms with Crippen LogP contribution in [0.25, 0.3) is 0 Å². The van der Waals surface area contributed by atoms with E-state index in [1.54, 1.807) is 0 Å². The maximum absolute atomic E-state index is 13.2. The number of hydrogen-bond acceptors (Lipinski definition) is 3. The minimum atomic E-state index is -1.11. The van der Waals surface area contributed by atoms with E-state index in [4.69, 9.17) is 10.8 Å². The lowest BCUT2D eigenvalue weighted by atomic mass is 10.0. The SMILES string of the molecule is CC(C)C[C@@H](NC(=O)c1ccc(N)c(F)c1)C(=O)O. The number of nitrogens with two attached hydrogens (primary N) is 1. The Bertz CT molecular complexity index is 489. The van der Waals surface area contributed by atoms with Crippen molar-refractivity contribution in [2.45, 2.75) is 26.3 Å². The number of halogens is 1. The van der Waals surface area contributed by atoms with E-state index < -0.39 is 23.7 Å². The van der Waals surface area contributed by atoms with Gasteiger partial charge in [-0.3, -0.25) is 4.79 Å². The van der Waals surface area contributed by atoms with Crippen molar-refractivity contribution in [3.05, 3.63) is 29.6 Å². The van der Waals surface area contributed by atoms with Gasteiger partial charge in [0.15, 0.2) is 0 Å². The fourth-order valence-corrected chi connectivity index (χ4v) is 1.60. The molecule has 1 rings (SSSR count). The topological polar surface area (TPSA) is 92.4 Å². The number of nitrogen functional groups attached to an aromatic ring is 1. The number of anilines is 1. The zero-order valence-electron chi connectivity index (χ0n) is 10.8. The van der Waals surface area contributed by atoms with Gasteiger partial charge in [0.05, 0.1) is 5.69 Å². The van der Waals surface area contributed by atoms with Crippen molar-refractivity contribution in [2.24, 2.45) is 5.92 Å². The zero-order chi connectivity index (χ0) is 14.6. The van der Waals surface area contributed by atoms with Crippen LogP contribution in [0.5, 0.6) is 0 Å². The molecule has 0 bridgehead atoms. The molecular weight excluding hydrogens is 251 g/mol. The molecule has 4 N–H and O–H groups in total. The van der Waals surface area contributed by atoms with Crippen LogP contribution in [-0.2, 0) is 4.79 Å². The second kappa shape index (κ2) is 6.17. The molecule has 0 aliphatic carbocycles. The number of nitrogens with one attached hydrogen (secondary N) is 1. The molecule has 0 spiro atoms. The van der Waals surface area contributed by atoms with Crippen molar-refractivity contribution in [1.29, 1.82) is 0 Å². The number of carbonyl (C=O) groups excluding carboxylic acids is 1. The quantitative estimate of drug-likeness (QED) is 0.708. The minimum Gasteiger partial charge on any atom is -0.480 e. The summed E-state index contributed by atoms with van der Waals surface area (Å²) in [6.07, 6.45) is 0.304. The second-order valence-electron chi connectivity index (χ2n) is 4.73. The smallest absolute Gasteiger partial charge is 0.326 e. The number of amides is 1. The van der Waals surface area contributed by atoms with Crippen LogP contribution < -0.4 is 11.1 Å². The third kappa shape index (κ3) is 4.24. The molecule has 6 heteroatoms. The lowest BCUT2D eigenvalue weighted by molar-refractivity contribution is -0.139. The van der Waals surface area contributed by atoms with Gasteiger partial charge < -0.3 is 16.2 Å². The van der Waals surface area contributed by atoms with E-state index in [2.05, 4.69) is 5.32 Å². The predicted molar refractivity (Wildman–Crippen MR) is 69.2 cm³/mol. The molecule has 0 aromatic heterocycles. The molecule has 1 amide bonds. The molecule has 0 saturated carbocycles. The van der Waals surface area contributed by atoms with Gasteiger partial charge >= 0.3 is 5.97 Å². The first kappa shape index (κ1) is 14.9. The minimum absolute atomic E-state index is 0.0432. The molecule has 0 aliphatic heterocycles. The summed E-state index contributed by atoms with van der Waals surface area (Å²) >= 11 is 0. The Morgan fingerprint density at radius 1 is 1.42 bits per heavy atom. The summed E-state index contributed by atoms with van der Waals surface area (Å²) in [5, 5.41) is 11.4. The highest BCUT2D eigenvalue weighted by Crippen LogP contribution is 2.13. The van der Waals surface area contributed by atoms with Gasteiger partial charge in [-0.25, -0.2) is 9.18 Å². The van der Waals surface area contributed by atoms with Gasteiger partial charge in [-0.2, -0.15) is 0 Å². The van der Waals surface area contributed by atoms with Gasteiger partial charge in [-0.1, -0.05) is 13.8 Å². The first-order valence-electron chi connectivity index (χ1n) is 5.90. The van der Waals surface area contributed by atoms with Gasteiger partial charge in [0.2, 0.25) is 0 Å². The average molecular weight is 268 g/mol. The van der Waals surface area contributed by atoms with Crippen LogP contribution in [0.2, 0.25) is 0 Å². The first-order chi connectivity index (χ1) is 8.81. The predicted octanol–water partition coefficient (Wildman–Crippen LogP) is 1.64. The normalized spacial score (nSPS) is 12.2. The first-order valence-corrected chi connectivity index (χ1v) is 5.90. The maximum atomic E-state index is 13.2. The van der Waals surface area contributed by atoms with E-state index in [0.29, 0.717) is 6.42 Å². The Morgan fingerprint density at radius 3 is 2.53 bits per heavy atom. The highest BCUT2D eigenvalue weighted by molar-refractivity contribution is 5.96. The molecule has 0 radical (unpaired) electrons. The summed E-state index contributed by atoms with van der Waals surface area (Å²) < 4.78 is 13.2. The number of aliphatic carboxylic acids is 1. The summed E-state index contributed by atoms with van der Waals surface area (Å²) in [4.78, 5) is 22.8. The zero-order valence-corrected chi connectivity index (χ0v) is 10.8. The molecule has 0 fully saturated rings.